The SMILES string of the molecule is CCc1nc(N)c(C)c(-c2cccc(OC)c2OC)n1. The van der Waals surface area contributed by atoms with E-state index in [2.05, 4.69) is 9.97 Å². The molecule has 0 saturated heterocycles. The molecule has 1 aromatic heterocycles. The van der Waals surface area contributed by atoms with Crippen LogP contribution in [0.4, 0.5) is 5.82 Å². The Labute approximate surface area is 118 Å². The van der Waals surface area contributed by atoms with E-state index >= 15 is 0 Å². The van der Waals surface area contributed by atoms with Gasteiger partial charge >= 0.3 is 0 Å². The van der Waals surface area contributed by atoms with E-state index in [-0.39, 0.29) is 0 Å². The Balaban J connectivity index is 2.71. The molecule has 0 spiro atoms. The van der Waals surface area contributed by atoms with Crippen LogP contribution in [0.2, 0.25) is 0 Å². The molecule has 2 N–H and O–H groups in total. The predicted octanol–water partition coefficient (Wildman–Crippen LogP) is 2.61. The lowest BCUT2D eigenvalue weighted by atomic mass is 10.1. The van der Waals surface area contributed by atoms with E-state index in [0.29, 0.717) is 23.1 Å². The van der Waals surface area contributed by atoms with Crippen LogP contribution in [0.15, 0.2) is 18.2 Å². The molecule has 0 bridgehead atoms. The molecule has 5 nitrogen and oxygen atoms in total. The molecular formula is C15H19N3O2. The minimum atomic E-state index is 0.497. The van der Waals surface area contributed by atoms with Gasteiger partial charge in [-0.1, -0.05) is 13.0 Å². The highest BCUT2D eigenvalue weighted by Crippen LogP contribution is 2.38. The van der Waals surface area contributed by atoms with E-state index in [1.807, 2.05) is 32.0 Å². The van der Waals surface area contributed by atoms with Crippen LogP contribution in [-0.2, 0) is 6.42 Å². The van der Waals surface area contributed by atoms with Gasteiger partial charge < -0.3 is 15.2 Å². The highest BCUT2D eigenvalue weighted by molar-refractivity contribution is 5.75. The Morgan fingerprint density at radius 3 is 2.50 bits per heavy atom. The second kappa shape index (κ2) is 5.77. The molecule has 2 aromatic rings. The van der Waals surface area contributed by atoms with Gasteiger partial charge in [0.25, 0.3) is 0 Å². The maximum atomic E-state index is 5.97. The number of aromatic nitrogens is 2. The molecule has 0 amide bonds. The Hall–Kier alpha value is -2.30. The fourth-order valence-corrected chi connectivity index (χ4v) is 2.08. The molecule has 106 valence electrons. The highest BCUT2D eigenvalue weighted by atomic mass is 16.5. The topological polar surface area (TPSA) is 70.3 Å². The maximum absolute atomic E-state index is 5.97. The summed E-state index contributed by atoms with van der Waals surface area (Å²) >= 11 is 0. The molecule has 0 aliphatic rings. The number of ether oxygens (including phenoxy) is 2. The first-order valence-electron chi connectivity index (χ1n) is 6.46. The molecule has 0 aliphatic heterocycles. The van der Waals surface area contributed by atoms with E-state index in [0.717, 1.165) is 23.2 Å². The molecule has 0 saturated carbocycles. The largest absolute Gasteiger partial charge is 0.493 e. The smallest absolute Gasteiger partial charge is 0.170 e. The van der Waals surface area contributed by atoms with Gasteiger partial charge in [0.2, 0.25) is 0 Å². The lowest BCUT2D eigenvalue weighted by Crippen LogP contribution is -2.05. The number of hydrogen-bond acceptors (Lipinski definition) is 5. The fourth-order valence-electron chi connectivity index (χ4n) is 2.08. The van der Waals surface area contributed by atoms with Crippen LogP contribution < -0.4 is 15.2 Å². The van der Waals surface area contributed by atoms with Crippen molar-refractivity contribution >= 4 is 5.82 Å². The number of hydrogen-bond donors (Lipinski definition) is 1. The highest BCUT2D eigenvalue weighted by Gasteiger charge is 2.17. The summed E-state index contributed by atoms with van der Waals surface area (Å²) in [5.74, 6) is 2.53. The minimum absolute atomic E-state index is 0.497. The van der Waals surface area contributed by atoms with E-state index in [4.69, 9.17) is 15.2 Å². The first-order valence-corrected chi connectivity index (χ1v) is 6.46. The third-order valence-electron chi connectivity index (χ3n) is 3.20. The second-order valence-electron chi connectivity index (χ2n) is 4.39. The van der Waals surface area contributed by atoms with Gasteiger partial charge in [0.1, 0.15) is 11.6 Å². The summed E-state index contributed by atoms with van der Waals surface area (Å²) < 4.78 is 10.8. The van der Waals surface area contributed by atoms with Crippen molar-refractivity contribution in [3.63, 3.8) is 0 Å². The molecule has 1 aromatic carbocycles. The van der Waals surface area contributed by atoms with Crippen molar-refractivity contribution in [1.82, 2.24) is 9.97 Å². The summed E-state index contributed by atoms with van der Waals surface area (Å²) in [4.78, 5) is 8.85. The van der Waals surface area contributed by atoms with Gasteiger partial charge in [-0.2, -0.15) is 0 Å². The molecule has 2 rings (SSSR count). The summed E-state index contributed by atoms with van der Waals surface area (Å²) in [6, 6.07) is 5.69. The van der Waals surface area contributed by atoms with Gasteiger partial charge in [0.05, 0.1) is 19.9 Å². The summed E-state index contributed by atoms with van der Waals surface area (Å²) in [6.45, 7) is 3.90. The van der Waals surface area contributed by atoms with Gasteiger partial charge in [0, 0.05) is 17.5 Å². The quantitative estimate of drug-likeness (QED) is 0.927. The minimum Gasteiger partial charge on any atom is -0.493 e. The molecule has 0 radical (unpaired) electrons. The zero-order valence-corrected chi connectivity index (χ0v) is 12.2. The Bertz CT molecular complexity index is 627. The maximum Gasteiger partial charge on any atom is 0.170 e. The summed E-state index contributed by atoms with van der Waals surface area (Å²) in [5.41, 5.74) is 8.45. The third-order valence-corrected chi connectivity index (χ3v) is 3.20. The summed E-state index contributed by atoms with van der Waals surface area (Å²) in [5, 5.41) is 0. The van der Waals surface area contributed by atoms with E-state index in [1.165, 1.54) is 0 Å². The van der Waals surface area contributed by atoms with Crippen molar-refractivity contribution in [2.75, 3.05) is 20.0 Å². The average Bonchev–Trinajstić information content (AvgIpc) is 2.48. The normalized spacial score (nSPS) is 10.4. The Morgan fingerprint density at radius 2 is 1.90 bits per heavy atom. The number of nitrogens with two attached hydrogens (primary N) is 1. The van der Waals surface area contributed by atoms with Gasteiger partial charge in [-0.3, -0.25) is 0 Å². The monoisotopic (exact) mass is 273 g/mol. The van der Waals surface area contributed by atoms with Crippen molar-refractivity contribution < 1.29 is 9.47 Å². The number of benzene rings is 1. The van der Waals surface area contributed by atoms with Crippen LogP contribution >= 0.6 is 0 Å². The second-order valence-corrected chi connectivity index (χ2v) is 4.39. The lowest BCUT2D eigenvalue weighted by molar-refractivity contribution is 0.356. The molecule has 0 aliphatic carbocycles. The zero-order valence-electron chi connectivity index (χ0n) is 12.2. The first kappa shape index (κ1) is 14.1. The average molecular weight is 273 g/mol. The number of para-hydroxylation sites is 1. The Kier molecular flexibility index (Phi) is 4.08. The third kappa shape index (κ3) is 2.39. The number of rotatable bonds is 4. The number of methoxy groups -OCH3 is 2. The molecule has 5 heteroatoms. The lowest BCUT2D eigenvalue weighted by Gasteiger charge is -2.15. The van der Waals surface area contributed by atoms with Crippen molar-refractivity contribution in [2.45, 2.75) is 20.3 Å². The van der Waals surface area contributed by atoms with Gasteiger partial charge in [-0.05, 0) is 19.1 Å². The van der Waals surface area contributed by atoms with E-state index < -0.39 is 0 Å². The molecule has 1 heterocycles. The summed E-state index contributed by atoms with van der Waals surface area (Å²) in [6.07, 6.45) is 0.726. The fraction of sp³-hybridized carbons (Fsp3) is 0.333. The van der Waals surface area contributed by atoms with Crippen molar-refractivity contribution in [1.29, 1.82) is 0 Å². The molecule has 20 heavy (non-hydrogen) atoms. The van der Waals surface area contributed by atoms with Crippen LogP contribution in [0.1, 0.15) is 18.3 Å². The van der Waals surface area contributed by atoms with E-state index in [1.54, 1.807) is 14.2 Å². The molecule has 0 fully saturated rings. The Morgan fingerprint density at radius 1 is 1.15 bits per heavy atom. The van der Waals surface area contributed by atoms with Crippen molar-refractivity contribution in [3.05, 3.63) is 29.6 Å². The van der Waals surface area contributed by atoms with Crippen LogP contribution in [0.25, 0.3) is 11.3 Å². The van der Waals surface area contributed by atoms with Crippen molar-refractivity contribution in [3.8, 4) is 22.8 Å². The molecule has 0 atom stereocenters. The van der Waals surface area contributed by atoms with Crippen LogP contribution in [-0.4, -0.2) is 24.2 Å². The van der Waals surface area contributed by atoms with Gasteiger partial charge in [-0.25, -0.2) is 9.97 Å². The van der Waals surface area contributed by atoms with Crippen LogP contribution in [0.3, 0.4) is 0 Å². The number of nitrogens with zero attached hydrogens (tertiary/aromatic N) is 2. The van der Waals surface area contributed by atoms with Crippen LogP contribution in [0.5, 0.6) is 11.5 Å². The van der Waals surface area contributed by atoms with Crippen molar-refractivity contribution in [2.24, 2.45) is 0 Å². The van der Waals surface area contributed by atoms with E-state index in [9.17, 15) is 0 Å². The number of aryl methyl sites for hydroxylation is 1. The number of nitrogen functional groups attached to an aromatic ring is 1. The zero-order chi connectivity index (χ0) is 14.7. The first-order chi connectivity index (χ1) is 9.62. The predicted molar refractivity (Wildman–Crippen MR) is 79.1 cm³/mol. The van der Waals surface area contributed by atoms with Crippen LogP contribution in [0, 0.1) is 6.92 Å². The standard InChI is InChI=1S/C15H19N3O2/c1-5-12-17-13(9(2)15(16)18-12)10-7-6-8-11(19-3)14(10)20-4/h6-8H,5H2,1-4H3,(H2,16,17,18). The van der Waals surface area contributed by atoms with Gasteiger partial charge in [-0.15, -0.1) is 0 Å². The summed E-state index contributed by atoms with van der Waals surface area (Å²) in [7, 11) is 3.22. The van der Waals surface area contributed by atoms with Gasteiger partial charge in [0.15, 0.2) is 11.5 Å². The number of anilines is 1. The molecular weight excluding hydrogens is 254 g/mol. The molecule has 0 unspecified atom stereocenters.